The van der Waals surface area contributed by atoms with Crippen LogP contribution in [0, 0.1) is 5.92 Å². The highest BCUT2D eigenvalue weighted by molar-refractivity contribution is 5.87. The van der Waals surface area contributed by atoms with E-state index in [0.717, 1.165) is 49.5 Å². The minimum absolute atomic E-state index is 0. The number of piperazine rings is 1. The minimum atomic E-state index is 0. The molecule has 2 unspecified atom stereocenters. The molecule has 1 N–H and O–H groups in total. The first-order valence-electron chi connectivity index (χ1n) is 10.1. The van der Waals surface area contributed by atoms with E-state index in [1.54, 1.807) is 11.0 Å². The fourth-order valence-electron chi connectivity index (χ4n) is 5.09. The highest BCUT2D eigenvalue weighted by Crippen LogP contribution is 2.33. The first-order chi connectivity index (χ1) is 13.2. The predicted molar refractivity (Wildman–Crippen MR) is 117 cm³/mol. The number of carbonyl (C=O) groups is 1. The van der Waals surface area contributed by atoms with Gasteiger partial charge in [0.25, 0.3) is 0 Å². The van der Waals surface area contributed by atoms with Gasteiger partial charge in [-0.15, -0.1) is 24.8 Å². The third-order valence-electron chi connectivity index (χ3n) is 6.47. The lowest BCUT2D eigenvalue weighted by atomic mass is 9.89. The number of anilines is 1. The summed E-state index contributed by atoms with van der Waals surface area (Å²) in [5.74, 6) is 1.82. The van der Waals surface area contributed by atoms with Gasteiger partial charge in [0.15, 0.2) is 5.65 Å². The van der Waals surface area contributed by atoms with Gasteiger partial charge in [-0.3, -0.25) is 9.48 Å². The molecule has 2 atom stereocenters. The Morgan fingerprint density at radius 2 is 1.79 bits per heavy atom. The maximum absolute atomic E-state index is 12.8. The second-order valence-corrected chi connectivity index (χ2v) is 8.25. The molecule has 5 rings (SSSR count). The molecule has 0 saturated carbocycles. The third-order valence-corrected chi connectivity index (χ3v) is 6.47. The average Bonchev–Trinajstić information content (AvgIpc) is 3.24. The van der Waals surface area contributed by atoms with Crippen LogP contribution in [0.2, 0.25) is 0 Å². The number of nitrogens with zero attached hydrogens (tertiary/aromatic N) is 6. The summed E-state index contributed by atoms with van der Waals surface area (Å²) in [4.78, 5) is 25.9. The number of carbonyl (C=O) groups excluding carboxylic acids is 1. The maximum Gasteiger partial charge on any atom is 0.222 e. The van der Waals surface area contributed by atoms with Crippen LogP contribution in [-0.4, -0.2) is 68.8 Å². The van der Waals surface area contributed by atoms with E-state index >= 15 is 0 Å². The van der Waals surface area contributed by atoms with Crippen LogP contribution in [0.3, 0.4) is 0 Å². The molecule has 2 aromatic heterocycles. The number of nitrogens with one attached hydrogen (secondary N) is 1. The van der Waals surface area contributed by atoms with Crippen molar-refractivity contribution in [1.82, 2.24) is 30.0 Å². The lowest BCUT2D eigenvalue weighted by molar-refractivity contribution is -0.132. The molecule has 0 radical (unpaired) electrons. The second kappa shape index (κ2) is 9.02. The number of halogens is 2. The molecular formula is C19H29Cl2N7O. The molecule has 3 fully saturated rings. The lowest BCUT2D eigenvalue weighted by Gasteiger charge is -2.37. The van der Waals surface area contributed by atoms with Crippen LogP contribution in [0.1, 0.15) is 32.1 Å². The van der Waals surface area contributed by atoms with E-state index < -0.39 is 0 Å². The Balaban J connectivity index is 0.00000120. The van der Waals surface area contributed by atoms with Crippen molar-refractivity contribution in [3.05, 3.63) is 12.5 Å². The quantitative estimate of drug-likeness (QED) is 0.781. The molecule has 0 spiro atoms. The average molecular weight is 442 g/mol. The Labute approximate surface area is 183 Å². The Morgan fingerprint density at radius 3 is 2.48 bits per heavy atom. The number of rotatable bonds is 3. The van der Waals surface area contributed by atoms with Crippen LogP contribution in [0.15, 0.2) is 12.5 Å². The SMILES string of the molecule is Cl.Cl.Cn1ncc2c(N3CCN(C(=O)CC4CC5CCC(C4)N5)CC3)ncnc21. The van der Waals surface area contributed by atoms with Gasteiger partial charge in [-0.1, -0.05) is 0 Å². The van der Waals surface area contributed by atoms with Gasteiger partial charge in [-0.2, -0.15) is 5.10 Å². The number of fused-ring (bicyclic) bond motifs is 3. The fourth-order valence-corrected chi connectivity index (χ4v) is 5.09. The molecule has 2 aromatic rings. The largest absolute Gasteiger partial charge is 0.352 e. The summed E-state index contributed by atoms with van der Waals surface area (Å²) in [5, 5.41) is 8.93. The number of hydrogen-bond acceptors (Lipinski definition) is 6. The summed E-state index contributed by atoms with van der Waals surface area (Å²) >= 11 is 0. The monoisotopic (exact) mass is 441 g/mol. The van der Waals surface area contributed by atoms with E-state index in [0.29, 0.717) is 23.9 Å². The smallest absolute Gasteiger partial charge is 0.222 e. The van der Waals surface area contributed by atoms with Crippen molar-refractivity contribution in [2.24, 2.45) is 13.0 Å². The van der Waals surface area contributed by atoms with Gasteiger partial charge in [-0.05, 0) is 31.6 Å². The van der Waals surface area contributed by atoms with Crippen molar-refractivity contribution in [2.45, 2.75) is 44.2 Å². The van der Waals surface area contributed by atoms with Crippen molar-refractivity contribution in [3.63, 3.8) is 0 Å². The van der Waals surface area contributed by atoms with Gasteiger partial charge in [-0.25, -0.2) is 9.97 Å². The van der Waals surface area contributed by atoms with Crippen LogP contribution in [-0.2, 0) is 11.8 Å². The molecule has 3 saturated heterocycles. The predicted octanol–water partition coefficient (Wildman–Crippen LogP) is 1.78. The molecule has 0 aromatic carbocycles. The molecule has 3 aliphatic heterocycles. The summed E-state index contributed by atoms with van der Waals surface area (Å²) in [6.45, 7) is 3.15. The summed E-state index contributed by atoms with van der Waals surface area (Å²) in [6.07, 6.45) is 9.06. The number of piperidine rings is 1. The Morgan fingerprint density at radius 1 is 1.10 bits per heavy atom. The van der Waals surface area contributed by atoms with E-state index in [9.17, 15) is 4.79 Å². The Hall–Kier alpha value is -1.64. The van der Waals surface area contributed by atoms with E-state index in [4.69, 9.17) is 0 Å². The van der Waals surface area contributed by atoms with Gasteiger partial charge >= 0.3 is 0 Å². The van der Waals surface area contributed by atoms with Crippen LogP contribution < -0.4 is 10.2 Å². The van der Waals surface area contributed by atoms with Crippen molar-refractivity contribution < 1.29 is 4.79 Å². The first-order valence-corrected chi connectivity index (χ1v) is 10.1. The molecular weight excluding hydrogens is 413 g/mol. The zero-order valence-electron chi connectivity index (χ0n) is 16.7. The zero-order chi connectivity index (χ0) is 18.4. The summed E-state index contributed by atoms with van der Waals surface area (Å²) in [6, 6.07) is 1.30. The number of hydrogen-bond donors (Lipinski definition) is 1. The molecule has 10 heteroatoms. The van der Waals surface area contributed by atoms with Crippen molar-refractivity contribution >= 4 is 47.6 Å². The molecule has 0 aliphatic carbocycles. The molecule has 2 bridgehead atoms. The molecule has 8 nitrogen and oxygen atoms in total. The van der Waals surface area contributed by atoms with Crippen molar-refractivity contribution in [1.29, 1.82) is 0 Å². The Bertz CT molecular complexity index is 840. The highest BCUT2D eigenvalue weighted by atomic mass is 35.5. The molecule has 1 amide bonds. The van der Waals surface area contributed by atoms with Gasteiger partial charge in [0.1, 0.15) is 12.1 Å². The molecule has 29 heavy (non-hydrogen) atoms. The summed E-state index contributed by atoms with van der Waals surface area (Å²) in [5.41, 5.74) is 0.846. The summed E-state index contributed by atoms with van der Waals surface area (Å²) < 4.78 is 1.77. The van der Waals surface area contributed by atoms with Crippen LogP contribution in [0.25, 0.3) is 11.0 Å². The van der Waals surface area contributed by atoms with Crippen LogP contribution >= 0.6 is 24.8 Å². The first kappa shape index (κ1) is 22.1. The van der Waals surface area contributed by atoms with Crippen molar-refractivity contribution in [3.8, 4) is 0 Å². The Kier molecular flexibility index (Phi) is 6.86. The zero-order valence-corrected chi connectivity index (χ0v) is 18.3. The highest BCUT2D eigenvalue weighted by Gasteiger charge is 2.35. The van der Waals surface area contributed by atoms with Gasteiger partial charge in [0.05, 0.1) is 11.6 Å². The van der Waals surface area contributed by atoms with Gasteiger partial charge in [0, 0.05) is 51.7 Å². The number of aromatic nitrogens is 4. The fraction of sp³-hybridized carbons (Fsp3) is 0.684. The van der Waals surface area contributed by atoms with E-state index in [2.05, 4.69) is 25.3 Å². The standard InChI is InChI=1S/C19H27N7O.2ClH/c1-24-18-16(11-22-24)19(21-12-20-18)26-6-4-25(5-7-26)17(27)10-13-8-14-2-3-15(9-13)23-14;;/h11-15,23H,2-10H2,1H3;2*1H. The molecule has 160 valence electrons. The maximum atomic E-state index is 12.8. The molecule has 3 aliphatic rings. The topological polar surface area (TPSA) is 79.2 Å². The lowest BCUT2D eigenvalue weighted by Crippen LogP contribution is -2.50. The number of amides is 1. The van der Waals surface area contributed by atoms with Crippen LogP contribution in [0.5, 0.6) is 0 Å². The van der Waals surface area contributed by atoms with Gasteiger partial charge < -0.3 is 15.1 Å². The molecule has 5 heterocycles. The second-order valence-electron chi connectivity index (χ2n) is 8.25. The minimum Gasteiger partial charge on any atom is -0.352 e. The summed E-state index contributed by atoms with van der Waals surface area (Å²) in [7, 11) is 1.89. The third kappa shape index (κ3) is 4.29. The van der Waals surface area contributed by atoms with Crippen molar-refractivity contribution in [2.75, 3.05) is 31.1 Å². The van der Waals surface area contributed by atoms with Crippen LogP contribution in [0.4, 0.5) is 5.82 Å². The van der Waals surface area contributed by atoms with E-state index in [-0.39, 0.29) is 24.8 Å². The normalized spacial score (nSPS) is 26.2. The van der Waals surface area contributed by atoms with E-state index in [1.165, 1.54) is 25.7 Å². The van der Waals surface area contributed by atoms with E-state index in [1.807, 2.05) is 18.1 Å². The van der Waals surface area contributed by atoms with Gasteiger partial charge in [0.2, 0.25) is 5.91 Å². The number of aryl methyl sites for hydroxylation is 1.